The van der Waals surface area contributed by atoms with Gasteiger partial charge in [0.1, 0.15) is 0 Å². The van der Waals surface area contributed by atoms with E-state index >= 15 is 0 Å². The fourth-order valence-electron chi connectivity index (χ4n) is 2.71. The van der Waals surface area contributed by atoms with E-state index in [1.54, 1.807) is 0 Å². The van der Waals surface area contributed by atoms with Crippen molar-refractivity contribution in [2.45, 2.75) is 52.5 Å². The lowest BCUT2D eigenvalue weighted by Gasteiger charge is -2.32. The summed E-state index contributed by atoms with van der Waals surface area (Å²) in [7, 11) is 6.15. The molecule has 0 spiro atoms. The van der Waals surface area contributed by atoms with Gasteiger partial charge in [0.05, 0.1) is 0 Å². The van der Waals surface area contributed by atoms with Gasteiger partial charge in [0.25, 0.3) is 0 Å². The number of aliphatic imine (C=N–C) groups is 1. The van der Waals surface area contributed by atoms with Crippen molar-refractivity contribution in [2.75, 3.05) is 47.4 Å². The fraction of sp³-hybridized carbons (Fsp3) is 0.941. The lowest BCUT2D eigenvalue weighted by atomic mass is 9.93. The van der Waals surface area contributed by atoms with Crippen LogP contribution in [-0.4, -0.2) is 64.3 Å². The summed E-state index contributed by atoms with van der Waals surface area (Å²) in [6, 6.07) is 0.534. The van der Waals surface area contributed by atoms with Gasteiger partial charge in [-0.25, -0.2) is 0 Å². The Morgan fingerprint density at radius 1 is 1.09 bits per heavy atom. The maximum Gasteiger partial charge on any atom is 0.191 e. The average Bonchev–Trinajstić information content (AvgIpc) is 2.52. The fourth-order valence-corrected chi connectivity index (χ4v) is 2.71. The second-order valence-electron chi connectivity index (χ2n) is 5.89. The van der Waals surface area contributed by atoms with Gasteiger partial charge in [0.15, 0.2) is 5.96 Å². The van der Waals surface area contributed by atoms with Crippen molar-refractivity contribution in [3.63, 3.8) is 0 Å². The van der Waals surface area contributed by atoms with Crippen molar-refractivity contribution in [1.82, 2.24) is 15.5 Å². The molecule has 0 aliphatic rings. The van der Waals surface area contributed by atoms with E-state index in [1.807, 2.05) is 14.0 Å². The molecule has 0 radical (unpaired) electrons. The Bertz CT molecular complexity index is 284. The molecule has 1 atom stereocenters. The van der Waals surface area contributed by atoms with Crippen molar-refractivity contribution in [3.05, 3.63) is 0 Å². The second kappa shape index (κ2) is 16.8. The molecule has 0 aliphatic heterocycles. The highest BCUT2D eigenvalue weighted by Crippen LogP contribution is 2.16. The molecule has 6 heteroatoms. The standard InChI is InChI=1S/C17H38N4O.HI/c1-7-15(8-2)16(21(5)6)14-20-17(18-4)19-12-10-11-13-22-9-3;/h15-16H,7-14H2,1-6H3,(H2,18,19,20);1H. The first-order valence-electron chi connectivity index (χ1n) is 8.79. The van der Waals surface area contributed by atoms with Crippen molar-refractivity contribution < 1.29 is 4.74 Å². The third-order valence-corrected chi connectivity index (χ3v) is 4.17. The molecular weight excluding hydrogens is 403 g/mol. The second-order valence-corrected chi connectivity index (χ2v) is 5.89. The van der Waals surface area contributed by atoms with Gasteiger partial charge in [-0.3, -0.25) is 4.99 Å². The molecule has 0 aliphatic carbocycles. The summed E-state index contributed by atoms with van der Waals surface area (Å²) >= 11 is 0. The number of rotatable bonds is 12. The van der Waals surface area contributed by atoms with Gasteiger partial charge in [-0.15, -0.1) is 24.0 Å². The molecule has 0 aromatic carbocycles. The summed E-state index contributed by atoms with van der Waals surface area (Å²) in [5, 5.41) is 6.85. The molecule has 0 fully saturated rings. The SMILES string of the molecule is CCOCCCCNC(=NC)NCC(C(CC)CC)N(C)C.I. The Morgan fingerprint density at radius 3 is 2.22 bits per heavy atom. The summed E-state index contributed by atoms with van der Waals surface area (Å²) in [5.74, 6) is 1.61. The molecule has 1 unspecified atom stereocenters. The molecule has 0 saturated heterocycles. The first-order valence-corrected chi connectivity index (χ1v) is 8.79. The number of ether oxygens (including phenoxy) is 1. The smallest absolute Gasteiger partial charge is 0.191 e. The molecule has 0 rings (SSSR count). The van der Waals surface area contributed by atoms with Crippen LogP contribution in [0.4, 0.5) is 0 Å². The van der Waals surface area contributed by atoms with Crippen molar-refractivity contribution in [1.29, 1.82) is 0 Å². The topological polar surface area (TPSA) is 48.9 Å². The van der Waals surface area contributed by atoms with Crippen LogP contribution >= 0.6 is 24.0 Å². The number of hydrogen-bond donors (Lipinski definition) is 2. The summed E-state index contributed by atoms with van der Waals surface area (Å²) in [4.78, 5) is 6.63. The minimum atomic E-state index is 0. The van der Waals surface area contributed by atoms with Gasteiger partial charge in [-0.2, -0.15) is 0 Å². The number of nitrogens with zero attached hydrogens (tertiary/aromatic N) is 2. The average molecular weight is 442 g/mol. The Hall–Kier alpha value is -0.0800. The summed E-state index contributed by atoms with van der Waals surface area (Å²) in [5.41, 5.74) is 0. The van der Waals surface area contributed by atoms with E-state index in [9.17, 15) is 0 Å². The van der Waals surface area contributed by atoms with Crippen LogP contribution in [0.15, 0.2) is 4.99 Å². The maximum atomic E-state index is 5.34. The zero-order valence-corrected chi connectivity index (χ0v) is 18.4. The highest BCUT2D eigenvalue weighted by atomic mass is 127. The number of hydrogen-bond acceptors (Lipinski definition) is 3. The highest BCUT2D eigenvalue weighted by molar-refractivity contribution is 14.0. The van der Waals surface area contributed by atoms with Crippen LogP contribution < -0.4 is 10.6 Å². The molecule has 23 heavy (non-hydrogen) atoms. The third kappa shape index (κ3) is 12.0. The zero-order valence-electron chi connectivity index (χ0n) is 16.0. The minimum Gasteiger partial charge on any atom is -0.382 e. The maximum absolute atomic E-state index is 5.34. The van der Waals surface area contributed by atoms with Gasteiger partial charge in [-0.05, 0) is 39.8 Å². The van der Waals surface area contributed by atoms with Gasteiger partial charge in [0.2, 0.25) is 0 Å². The minimum absolute atomic E-state index is 0. The van der Waals surface area contributed by atoms with E-state index in [0.29, 0.717) is 12.0 Å². The van der Waals surface area contributed by atoms with Crippen LogP contribution in [0.3, 0.4) is 0 Å². The first kappa shape index (κ1) is 25.2. The molecular formula is C17H39IN4O. The van der Waals surface area contributed by atoms with E-state index < -0.39 is 0 Å². The molecule has 0 heterocycles. The van der Waals surface area contributed by atoms with E-state index in [4.69, 9.17) is 4.74 Å². The number of halogens is 1. The summed E-state index contributed by atoms with van der Waals surface area (Å²) in [6.45, 7) is 10.1. The van der Waals surface area contributed by atoms with Gasteiger partial charge in [0, 0.05) is 39.4 Å². The van der Waals surface area contributed by atoms with Crippen LogP contribution in [0.2, 0.25) is 0 Å². The number of likely N-dealkylation sites (N-methyl/N-ethyl adjacent to an activating group) is 1. The van der Waals surface area contributed by atoms with Crippen LogP contribution in [0.5, 0.6) is 0 Å². The largest absolute Gasteiger partial charge is 0.382 e. The normalized spacial score (nSPS) is 13.1. The lowest BCUT2D eigenvalue weighted by molar-refractivity contribution is 0.143. The third-order valence-electron chi connectivity index (χ3n) is 4.17. The molecule has 0 amide bonds. The number of unbranched alkanes of at least 4 members (excludes halogenated alkanes) is 1. The molecule has 5 nitrogen and oxygen atoms in total. The Balaban J connectivity index is 0. The Labute approximate surface area is 161 Å². The van der Waals surface area contributed by atoms with Crippen LogP contribution in [0.1, 0.15) is 46.5 Å². The predicted octanol–water partition coefficient (Wildman–Crippen LogP) is 2.95. The molecule has 0 aromatic rings. The monoisotopic (exact) mass is 442 g/mol. The van der Waals surface area contributed by atoms with Crippen LogP contribution in [0, 0.1) is 5.92 Å². The van der Waals surface area contributed by atoms with E-state index in [1.165, 1.54) is 12.8 Å². The summed E-state index contributed by atoms with van der Waals surface area (Å²) in [6.07, 6.45) is 4.62. The molecule has 0 bridgehead atoms. The van der Waals surface area contributed by atoms with Crippen molar-refractivity contribution >= 4 is 29.9 Å². The highest BCUT2D eigenvalue weighted by Gasteiger charge is 2.20. The molecule has 140 valence electrons. The predicted molar refractivity (Wildman–Crippen MR) is 112 cm³/mol. The van der Waals surface area contributed by atoms with Crippen LogP contribution in [0.25, 0.3) is 0 Å². The number of nitrogens with one attached hydrogen (secondary N) is 2. The lowest BCUT2D eigenvalue weighted by Crippen LogP contribution is -2.48. The van der Waals surface area contributed by atoms with Crippen molar-refractivity contribution in [3.8, 4) is 0 Å². The van der Waals surface area contributed by atoms with Crippen molar-refractivity contribution in [2.24, 2.45) is 10.9 Å². The van der Waals surface area contributed by atoms with Crippen LogP contribution in [-0.2, 0) is 4.74 Å². The molecule has 0 aromatic heterocycles. The van der Waals surface area contributed by atoms with E-state index in [-0.39, 0.29) is 24.0 Å². The Morgan fingerprint density at radius 2 is 1.74 bits per heavy atom. The quantitative estimate of drug-likeness (QED) is 0.211. The van der Waals surface area contributed by atoms with Gasteiger partial charge in [-0.1, -0.05) is 26.7 Å². The molecule has 0 saturated carbocycles. The Kier molecular flexibility index (Phi) is 18.3. The zero-order chi connectivity index (χ0) is 16.8. The van der Waals surface area contributed by atoms with E-state index in [0.717, 1.165) is 45.1 Å². The summed E-state index contributed by atoms with van der Waals surface area (Å²) < 4.78 is 5.34. The first-order chi connectivity index (χ1) is 10.6. The molecule has 2 N–H and O–H groups in total. The van der Waals surface area contributed by atoms with Gasteiger partial charge >= 0.3 is 0 Å². The van der Waals surface area contributed by atoms with Gasteiger partial charge < -0.3 is 20.3 Å². The number of guanidine groups is 1. The van der Waals surface area contributed by atoms with E-state index in [2.05, 4.69) is 48.5 Å².